The summed E-state index contributed by atoms with van der Waals surface area (Å²) >= 11 is 6.66. The number of rotatable bonds is 5. The summed E-state index contributed by atoms with van der Waals surface area (Å²) in [6.07, 6.45) is 5.35. The zero-order valence-corrected chi connectivity index (χ0v) is 18.7. The minimum absolute atomic E-state index is 0.235. The number of nitrogens with one attached hydrogen (secondary N) is 2. The number of amides is 1. The summed E-state index contributed by atoms with van der Waals surface area (Å²) in [5.41, 5.74) is 3.23. The molecule has 1 unspecified atom stereocenters. The lowest BCUT2D eigenvalue weighted by molar-refractivity contribution is -0.131. The number of H-pyrrole nitrogens is 2. The summed E-state index contributed by atoms with van der Waals surface area (Å²) < 4.78 is 1.55. The molecule has 2 N–H and O–H groups in total. The fourth-order valence-electron chi connectivity index (χ4n) is 4.75. The molecule has 4 aromatic rings. The number of likely N-dealkylation sites (tertiary alicyclic amines) is 1. The second-order valence-corrected chi connectivity index (χ2v) is 9.44. The molecule has 2 aromatic heterocycles. The van der Waals surface area contributed by atoms with Gasteiger partial charge < -0.3 is 4.90 Å². The standard InChI is InChI=1S/C24H23ClN6O2/c25-19-11-17(16-3-5-20-18(10-16)12-26-27-20)4-6-21(19)31-22(28-29-24(31)33)9-14-7-8-30(13-14)23(32)15-1-2-15/h3-6,10-12,14-15H,1-2,7-9,13H2,(H,26,27)(H,29,33). The van der Waals surface area contributed by atoms with Gasteiger partial charge in [0.25, 0.3) is 0 Å². The van der Waals surface area contributed by atoms with Crippen molar-refractivity contribution >= 4 is 28.4 Å². The second-order valence-electron chi connectivity index (χ2n) is 9.04. The van der Waals surface area contributed by atoms with Gasteiger partial charge in [-0.15, -0.1) is 0 Å². The van der Waals surface area contributed by atoms with E-state index in [2.05, 4.69) is 20.4 Å². The summed E-state index contributed by atoms with van der Waals surface area (Å²) in [7, 11) is 0. The van der Waals surface area contributed by atoms with Crippen LogP contribution in [-0.2, 0) is 11.2 Å². The minimum atomic E-state index is -0.316. The van der Waals surface area contributed by atoms with Gasteiger partial charge in [-0.1, -0.05) is 23.7 Å². The van der Waals surface area contributed by atoms with Crippen LogP contribution in [0.3, 0.4) is 0 Å². The van der Waals surface area contributed by atoms with Crippen molar-refractivity contribution in [3.63, 3.8) is 0 Å². The van der Waals surface area contributed by atoms with E-state index in [4.69, 9.17) is 11.6 Å². The Hall–Kier alpha value is -3.39. The van der Waals surface area contributed by atoms with Gasteiger partial charge in [0, 0.05) is 30.8 Å². The monoisotopic (exact) mass is 462 g/mol. The lowest BCUT2D eigenvalue weighted by atomic mass is 10.0. The molecule has 0 spiro atoms. The molecule has 168 valence electrons. The molecule has 8 nitrogen and oxygen atoms in total. The van der Waals surface area contributed by atoms with Gasteiger partial charge in [-0.2, -0.15) is 10.2 Å². The second kappa shape index (κ2) is 7.88. The number of hydrogen-bond donors (Lipinski definition) is 2. The molecule has 2 aliphatic rings. The van der Waals surface area contributed by atoms with Crippen LogP contribution in [0, 0.1) is 11.8 Å². The summed E-state index contributed by atoms with van der Waals surface area (Å²) in [4.78, 5) is 27.0. The number of aromatic nitrogens is 5. The Labute approximate surface area is 194 Å². The molecule has 0 radical (unpaired) electrons. The third kappa shape index (κ3) is 3.74. The molecule has 2 aromatic carbocycles. The van der Waals surface area contributed by atoms with Gasteiger partial charge in [0.2, 0.25) is 5.91 Å². The average Bonchev–Trinajstić information content (AvgIpc) is 3.21. The van der Waals surface area contributed by atoms with E-state index in [0.29, 0.717) is 23.0 Å². The Morgan fingerprint density at radius 2 is 1.91 bits per heavy atom. The van der Waals surface area contributed by atoms with Crippen molar-refractivity contribution in [1.29, 1.82) is 0 Å². The molecule has 2 fully saturated rings. The van der Waals surface area contributed by atoms with E-state index in [1.54, 1.807) is 10.8 Å². The van der Waals surface area contributed by atoms with Crippen LogP contribution in [0.4, 0.5) is 0 Å². The normalized spacial score (nSPS) is 18.3. The predicted octanol–water partition coefficient (Wildman–Crippen LogP) is 3.56. The van der Waals surface area contributed by atoms with E-state index in [9.17, 15) is 9.59 Å². The molecular formula is C24H23ClN6O2. The van der Waals surface area contributed by atoms with E-state index >= 15 is 0 Å². The Kier molecular flexibility index (Phi) is 4.83. The molecule has 1 aliphatic heterocycles. The van der Waals surface area contributed by atoms with Crippen LogP contribution in [-0.4, -0.2) is 48.9 Å². The molecule has 1 atom stereocenters. The molecule has 1 aliphatic carbocycles. The van der Waals surface area contributed by atoms with Gasteiger partial charge in [0.15, 0.2) is 0 Å². The Morgan fingerprint density at radius 3 is 2.73 bits per heavy atom. The Bertz CT molecular complexity index is 1420. The fraction of sp³-hybridized carbons (Fsp3) is 0.333. The lowest BCUT2D eigenvalue weighted by Gasteiger charge is -2.16. The number of halogens is 1. The quantitative estimate of drug-likeness (QED) is 0.473. The molecule has 3 heterocycles. The van der Waals surface area contributed by atoms with Crippen molar-refractivity contribution in [3.05, 3.63) is 63.9 Å². The zero-order valence-electron chi connectivity index (χ0n) is 17.9. The largest absolute Gasteiger partial charge is 0.347 e. The molecular weight excluding hydrogens is 440 g/mol. The van der Waals surface area contributed by atoms with Crippen LogP contribution in [0.25, 0.3) is 27.7 Å². The predicted molar refractivity (Wildman–Crippen MR) is 125 cm³/mol. The highest BCUT2D eigenvalue weighted by Gasteiger charge is 2.37. The van der Waals surface area contributed by atoms with Gasteiger partial charge >= 0.3 is 5.69 Å². The number of aromatic amines is 2. The van der Waals surface area contributed by atoms with Crippen molar-refractivity contribution in [1.82, 2.24) is 29.9 Å². The maximum Gasteiger partial charge on any atom is 0.347 e. The van der Waals surface area contributed by atoms with E-state index in [1.807, 2.05) is 41.3 Å². The van der Waals surface area contributed by atoms with Gasteiger partial charge in [-0.05, 0) is 60.6 Å². The molecule has 9 heteroatoms. The summed E-state index contributed by atoms with van der Waals surface area (Å²) in [5.74, 6) is 1.43. The third-order valence-electron chi connectivity index (χ3n) is 6.70. The van der Waals surface area contributed by atoms with Crippen LogP contribution in [0.2, 0.25) is 5.02 Å². The van der Waals surface area contributed by atoms with Crippen molar-refractivity contribution in [2.45, 2.75) is 25.7 Å². The van der Waals surface area contributed by atoms with E-state index in [1.165, 1.54) is 0 Å². The number of benzene rings is 2. The van der Waals surface area contributed by atoms with Crippen LogP contribution in [0.15, 0.2) is 47.4 Å². The smallest absolute Gasteiger partial charge is 0.342 e. The Balaban J connectivity index is 1.26. The molecule has 6 rings (SSSR count). The maximum absolute atomic E-state index is 12.6. The molecule has 1 amide bonds. The van der Waals surface area contributed by atoms with Gasteiger partial charge in [-0.3, -0.25) is 9.89 Å². The average molecular weight is 463 g/mol. The molecule has 1 saturated heterocycles. The Morgan fingerprint density at radius 1 is 1.09 bits per heavy atom. The molecule has 33 heavy (non-hydrogen) atoms. The lowest BCUT2D eigenvalue weighted by Crippen LogP contribution is -2.30. The highest BCUT2D eigenvalue weighted by Crippen LogP contribution is 2.34. The van der Waals surface area contributed by atoms with Crippen molar-refractivity contribution in [2.24, 2.45) is 11.8 Å². The SMILES string of the molecule is O=C(C1CC1)N1CCC(Cc2n[nH]c(=O)n2-c2ccc(-c3ccc4[nH]ncc4c3)cc2Cl)C1. The summed E-state index contributed by atoms with van der Waals surface area (Å²) in [6.45, 7) is 1.50. The number of fused-ring (bicyclic) bond motifs is 1. The van der Waals surface area contributed by atoms with Crippen LogP contribution >= 0.6 is 11.6 Å². The van der Waals surface area contributed by atoms with Gasteiger partial charge in [0.1, 0.15) is 5.82 Å². The molecule has 0 bridgehead atoms. The third-order valence-corrected chi connectivity index (χ3v) is 7.00. The maximum atomic E-state index is 12.6. The van der Waals surface area contributed by atoms with Gasteiger partial charge in [-0.25, -0.2) is 14.5 Å². The van der Waals surface area contributed by atoms with Crippen molar-refractivity contribution in [2.75, 3.05) is 13.1 Å². The number of hydrogen-bond acceptors (Lipinski definition) is 4. The van der Waals surface area contributed by atoms with E-state index in [0.717, 1.165) is 54.4 Å². The number of carbonyl (C=O) groups is 1. The highest BCUT2D eigenvalue weighted by molar-refractivity contribution is 6.32. The van der Waals surface area contributed by atoms with E-state index < -0.39 is 0 Å². The summed E-state index contributed by atoms with van der Waals surface area (Å²) in [5, 5.41) is 15.4. The zero-order chi connectivity index (χ0) is 22.5. The highest BCUT2D eigenvalue weighted by atomic mass is 35.5. The topological polar surface area (TPSA) is 99.7 Å². The first-order chi connectivity index (χ1) is 16.1. The molecule has 1 saturated carbocycles. The van der Waals surface area contributed by atoms with Crippen LogP contribution in [0.1, 0.15) is 25.1 Å². The van der Waals surface area contributed by atoms with Crippen molar-refractivity contribution < 1.29 is 4.79 Å². The van der Waals surface area contributed by atoms with Gasteiger partial charge in [0.05, 0.1) is 22.4 Å². The fourth-order valence-corrected chi connectivity index (χ4v) is 5.02. The number of carbonyl (C=O) groups excluding carboxylic acids is 1. The van der Waals surface area contributed by atoms with E-state index in [-0.39, 0.29) is 23.4 Å². The first-order valence-electron chi connectivity index (χ1n) is 11.3. The first kappa shape index (κ1) is 20.2. The minimum Gasteiger partial charge on any atom is -0.342 e. The summed E-state index contributed by atoms with van der Waals surface area (Å²) in [6, 6.07) is 11.7. The van der Waals surface area contributed by atoms with Crippen LogP contribution < -0.4 is 5.69 Å². The van der Waals surface area contributed by atoms with Crippen molar-refractivity contribution in [3.8, 4) is 16.8 Å². The first-order valence-corrected chi connectivity index (χ1v) is 11.6. The number of nitrogens with zero attached hydrogens (tertiary/aromatic N) is 4. The van der Waals surface area contributed by atoms with Crippen LogP contribution in [0.5, 0.6) is 0 Å².